The first-order chi connectivity index (χ1) is 11.3. The molecule has 5 rings (SSSR count). The summed E-state index contributed by atoms with van der Waals surface area (Å²) in [6.07, 6.45) is 0. The molecular weight excluding hydrogens is 294 g/mol. The molecule has 116 valence electrons. The molecule has 0 spiro atoms. The molecule has 6 heteroatoms. The minimum absolute atomic E-state index is 0.608. The smallest absolute Gasteiger partial charge is 0.155 e. The third-order valence-corrected chi connectivity index (χ3v) is 4.27. The highest BCUT2D eigenvalue weighted by Crippen LogP contribution is 2.43. The van der Waals surface area contributed by atoms with E-state index >= 15 is 0 Å². The lowest BCUT2D eigenvalue weighted by Gasteiger charge is -2.29. The van der Waals surface area contributed by atoms with E-state index in [9.17, 15) is 0 Å². The molecule has 0 atom stereocenters. The van der Waals surface area contributed by atoms with Gasteiger partial charge in [0.15, 0.2) is 11.5 Å². The Kier molecular flexibility index (Phi) is 2.56. The molecule has 23 heavy (non-hydrogen) atoms. The number of hydrogen-bond donors (Lipinski definition) is 0. The molecule has 0 unspecified atom stereocenters. The summed E-state index contributed by atoms with van der Waals surface area (Å²) >= 11 is 0. The van der Waals surface area contributed by atoms with Gasteiger partial charge in [0, 0.05) is 31.3 Å². The van der Waals surface area contributed by atoms with Crippen LogP contribution in [-0.4, -0.2) is 33.4 Å². The summed E-state index contributed by atoms with van der Waals surface area (Å²) in [6, 6.07) is 7.72. The Labute approximate surface area is 132 Å². The Bertz CT molecular complexity index is 939. The third-order valence-electron chi connectivity index (χ3n) is 4.27. The maximum Gasteiger partial charge on any atom is 0.155 e. The molecule has 3 heterocycles. The van der Waals surface area contributed by atoms with Gasteiger partial charge in [-0.1, -0.05) is 0 Å². The van der Waals surface area contributed by atoms with E-state index in [1.807, 2.05) is 31.3 Å². The van der Waals surface area contributed by atoms with Gasteiger partial charge in [0.2, 0.25) is 0 Å². The second-order valence-electron chi connectivity index (χ2n) is 5.79. The van der Waals surface area contributed by atoms with Crippen LogP contribution in [0.3, 0.4) is 0 Å². The van der Waals surface area contributed by atoms with Gasteiger partial charge in [0.1, 0.15) is 41.1 Å². The summed E-state index contributed by atoms with van der Waals surface area (Å²) in [5.74, 6) is 3.06. The van der Waals surface area contributed by atoms with Crippen LogP contribution in [0.5, 0.6) is 23.0 Å². The SMILES string of the molecule is CN1CCOc2cc3c(cc21)Oc1cc2c(cc1=N3)OCCN=2. The number of rotatable bonds is 0. The number of benzene rings is 2. The Morgan fingerprint density at radius 1 is 0.913 bits per heavy atom. The van der Waals surface area contributed by atoms with Crippen molar-refractivity contribution >= 4 is 11.4 Å². The van der Waals surface area contributed by atoms with Crippen molar-refractivity contribution in [2.24, 2.45) is 9.98 Å². The van der Waals surface area contributed by atoms with Crippen molar-refractivity contribution in [3.05, 3.63) is 35.0 Å². The zero-order valence-electron chi connectivity index (χ0n) is 12.7. The van der Waals surface area contributed by atoms with E-state index in [4.69, 9.17) is 19.2 Å². The quantitative estimate of drug-likeness (QED) is 0.633. The predicted octanol–water partition coefficient (Wildman–Crippen LogP) is 1.58. The fourth-order valence-corrected chi connectivity index (χ4v) is 3.05. The van der Waals surface area contributed by atoms with Gasteiger partial charge >= 0.3 is 0 Å². The van der Waals surface area contributed by atoms with Crippen LogP contribution in [0, 0.1) is 0 Å². The number of likely N-dealkylation sites (N-methyl/N-ethyl adjacent to an activating group) is 1. The minimum atomic E-state index is 0.608. The average molecular weight is 309 g/mol. The first-order valence-electron chi connectivity index (χ1n) is 7.68. The van der Waals surface area contributed by atoms with Gasteiger partial charge in [0.05, 0.1) is 18.8 Å². The monoisotopic (exact) mass is 309 g/mol. The molecule has 0 bridgehead atoms. The largest absolute Gasteiger partial charge is 0.489 e. The van der Waals surface area contributed by atoms with Crippen LogP contribution in [0.2, 0.25) is 0 Å². The van der Waals surface area contributed by atoms with E-state index in [2.05, 4.69) is 9.89 Å². The Morgan fingerprint density at radius 3 is 2.74 bits per heavy atom. The van der Waals surface area contributed by atoms with Gasteiger partial charge < -0.3 is 19.1 Å². The standard InChI is InChI=1S/C17H15N3O3/c1-20-3-5-22-17-8-12-16(9-13(17)20)23-15-6-10-14(7-11(15)19-12)21-4-2-18-10/h6-9H,2-5H2,1H3. The highest BCUT2D eigenvalue weighted by atomic mass is 16.5. The van der Waals surface area contributed by atoms with E-state index in [1.165, 1.54) is 0 Å². The summed E-state index contributed by atoms with van der Waals surface area (Å²) in [7, 11) is 2.05. The van der Waals surface area contributed by atoms with Crippen molar-refractivity contribution in [1.82, 2.24) is 0 Å². The zero-order chi connectivity index (χ0) is 15.4. The molecule has 0 fully saturated rings. The molecule has 0 saturated heterocycles. The molecule has 6 nitrogen and oxygen atoms in total. The third kappa shape index (κ3) is 1.94. The zero-order valence-corrected chi connectivity index (χ0v) is 12.7. The van der Waals surface area contributed by atoms with Crippen molar-refractivity contribution < 1.29 is 14.2 Å². The molecule has 3 aliphatic rings. The lowest BCUT2D eigenvalue weighted by atomic mass is 10.1. The molecule has 0 radical (unpaired) electrons. The van der Waals surface area contributed by atoms with Crippen LogP contribution in [0.25, 0.3) is 0 Å². The highest BCUT2D eigenvalue weighted by Gasteiger charge is 2.22. The normalized spacial score (nSPS) is 17.0. The summed E-state index contributed by atoms with van der Waals surface area (Å²) in [5.41, 5.74) is 1.80. The molecule has 0 N–H and O–H groups in total. The van der Waals surface area contributed by atoms with Crippen molar-refractivity contribution in [1.29, 1.82) is 0 Å². The molecule has 2 aromatic rings. The summed E-state index contributed by atoms with van der Waals surface area (Å²) in [5, 5.41) is 1.59. The number of hydrogen-bond acceptors (Lipinski definition) is 6. The molecular formula is C17H15N3O3. The minimum Gasteiger partial charge on any atom is -0.489 e. The van der Waals surface area contributed by atoms with Crippen LogP contribution >= 0.6 is 0 Å². The van der Waals surface area contributed by atoms with Crippen molar-refractivity contribution in [3.63, 3.8) is 0 Å². The Hall–Kier alpha value is -2.76. The number of ether oxygens (including phenoxy) is 3. The lowest BCUT2D eigenvalue weighted by Crippen LogP contribution is -2.29. The maximum absolute atomic E-state index is 6.07. The molecule has 0 amide bonds. The summed E-state index contributed by atoms with van der Waals surface area (Å²) < 4.78 is 17.4. The lowest BCUT2D eigenvalue weighted by molar-refractivity contribution is 0.307. The van der Waals surface area contributed by atoms with Gasteiger partial charge in [-0.05, 0) is 0 Å². The second-order valence-corrected chi connectivity index (χ2v) is 5.79. The topological polar surface area (TPSA) is 55.7 Å². The van der Waals surface area contributed by atoms with Crippen molar-refractivity contribution in [2.75, 3.05) is 38.3 Å². The van der Waals surface area contributed by atoms with Crippen LogP contribution < -0.4 is 29.8 Å². The van der Waals surface area contributed by atoms with Crippen molar-refractivity contribution in [3.8, 4) is 23.0 Å². The van der Waals surface area contributed by atoms with Crippen LogP contribution in [0.4, 0.5) is 11.4 Å². The van der Waals surface area contributed by atoms with E-state index in [0.29, 0.717) is 25.5 Å². The van der Waals surface area contributed by atoms with Gasteiger partial charge in [-0.2, -0.15) is 0 Å². The van der Waals surface area contributed by atoms with E-state index in [-0.39, 0.29) is 0 Å². The second kappa shape index (κ2) is 4.62. The fraction of sp³-hybridized carbons (Fsp3) is 0.294. The molecule has 0 aromatic heterocycles. The van der Waals surface area contributed by atoms with Gasteiger partial charge in [0.25, 0.3) is 0 Å². The first-order valence-corrected chi connectivity index (χ1v) is 7.68. The molecule has 0 saturated carbocycles. The maximum atomic E-state index is 6.07. The van der Waals surface area contributed by atoms with Crippen LogP contribution in [0.1, 0.15) is 0 Å². The van der Waals surface area contributed by atoms with Gasteiger partial charge in [-0.15, -0.1) is 0 Å². The Balaban J connectivity index is 1.70. The number of anilines is 1. The molecule has 3 aliphatic heterocycles. The molecule has 0 aliphatic carbocycles. The van der Waals surface area contributed by atoms with E-state index in [0.717, 1.165) is 45.9 Å². The van der Waals surface area contributed by atoms with Gasteiger partial charge in [-0.25, -0.2) is 4.99 Å². The highest BCUT2D eigenvalue weighted by molar-refractivity contribution is 5.71. The van der Waals surface area contributed by atoms with Crippen molar-refractivity contribution in [2.45, 2.75) is 0 Å². The molecule has 2 aromatic carbocycles. The fourth-order valence-electron chi connectivity index (χ4n) is 3.05. The average Bonchev–Trinajstić information content (AvgIpc) is 2.57. The van der Waals surface area contributed by atoms with Gasteiger partial charge in [-0.3, -0.25) is 4.99 Å². The number of nitrogens with zero attached hydrogens (tertiary/aromatic N) is 3. The summed E-state index contributed by atoms with van der Waals surface area (Å²) in [6.45, 7) is 2.83. The van der Waals surface area contributed by atoms with E-state index < -0.39 is 0 Å². The first kappa shape index (κ1) is 12.8. The number of fused-ring (bicyclic) bond motifs is 4. The summed E-state index contributed by atoms with van der Waals surface area (Å²) in [4.78, 5) is 11.3. The van der Waals surface area contributed by atoms with Crippen LogP contribution in [-0.2, 0) is 0 Å². The predicted molar refractivity (Wildman–Crippen MR) is 84.1 cm³/mol. The van der Waals surface area contributed by atoms with E-state index in [1.54, 1.807) is 0 Å². The van der Waals surface area contributed by atoms with Crippen LogP contribution in [0.15, 0.2) is 34.3 Å². The Morgan fingerprint density at radius 2 is 1.78 bits per heavy atom.